The number of rotatable bonds is 6. The third-order valence-corrected chi connectivity index (χ3v) is 2.17. The summed E-state index contributed by atoms with van der Waals surface area (Å²) in [6, 6.07) is -0.520. The number of carbonyl (C=O) groups is 2. The van der Waals surface area contributed by atoms with E-state index in [1.165, 1.54) is 0 Å². The Labute approximate surface area is 91.0 Å². The summed E-state index contributed by atoms with van der Waals surface area (Å²) in [6.07, 6.45) is 0.333. The van der Waals surface area contributed by atoms with Crippen LogP contribution in [0.4, 0.5) is 0 Å². The molecule has 1 atom stereocenters. The number of nitrogens with one attached hydrogen (secondary N) is 1. The summed E-state index contributed by atoms with van der Waals surface area (Å²) < 4.78 is 0. The molecular formula is C10H21N3O2. The molecule has 0 aromatic rings. The van der Waals surface area contributed by atoms with Crippen molar-refractivity contribution in [3.05, 3.63) is 0 Å². The van der Waals surface area contributed by atoms with Crippen molar-refractivity contribution in [3.63, 3.8) is 0 Å². The van der Waals surface area contributed by atoms with E-state index in [1.807, 2.05) is 13.8 Å². The molecule has 0 rings (SSSR count). The molecule has 0 saturated heterocycles. The molecule has 0 spiro atoms. The number of nitrogens with two attached hydrogens (primary N) is 1. The van der Waals surface area contributed by atoms with Gasteiger partial charge in [0.25, 0.3) is 0 Å². The summed E-state index contributed by atoms with van der Waals surface area (Å²) >= 11 is 0. The summed E-state index contributed by atoms with van der Waals surface area (Å²) in [6.45, 7) is 7.24. The van der Waals surface area contributed by atoms with Crippen molar-refractivity contribution in [3.8, 4) is 0 Å². The Balaban J connectivity index is 3.76. The monoisotopic (exact) mass is 215 g/mol. The lowest BCUT2D eigenvalue weighted by atomic mass is 10.3. The molecule has 0 bridgehead atoms. The van der Waals surface area contributed by atoms with Crippen LogP contribution in [0, 0.1) is 0 Å². The van der Waals surface area contributed by atoms with E-state index in [4.69, 9.17) is 5.73 Å². The summed E-state index contributed by atoms with van der Waals surface area (Å²) in [7, 11) is 0. The molecule has 0 aliphatic carbocycles. The molecule has 0 aliphatic rings. The van der Waals surface area contributed by atoms with Crippen molar-refractivity contribution in [1.82, 2.24) is 10.2 Å². The molecule has 88 valence electrons. The third-order valence-electron chi connectivity index (χ3n) is 2.17. The molecule has 5 heteroatoms. The van der Waals surface area contributed by atoms with Gasteiger partial charge in [0.15, 0.2) is 0 Å². The summed E-state index contributed by atoms with van der Waals surface area (Å²) in [5.74, 6) is -0.160. The Morgan fingerprint density at radius 2 is 1.87 bits per heavy atom. The van der Waals surface area contributed by atoms with Crippen LogP contribution in [0.2, 0.25) is 0 Å². The molecule has 0 aliphatic heterocycles. The van der Waals surface area contributed by atoms with Crippen molar-refractivity contribution >= 4 is 11.8 Å². The lowest BCUT2D eigenvalue weighted by Crippen LogP contribution is -2.40. The summed E-state index contributed by atoms with van der Waals surface area (Å²) in [5.41, 5.74) is 5.36. The minimum atomic E-state index is -0.520. The van der Waals surface area contributed by atoms with E-state index in [9.17, 15) is 9.59 Å². The number of hydrogen-bond donors (Lipinski definition) is 2. The maximum absolute atomic E-state index is 11.5. The van der Waals surface area contributed by atoms with Gasteiger partial charge in [0.1, 0.15) is 0 Å². The highest BCUT2D eigenvalue weighted by molar-refractivity contribution is 5.82. The molecule has 0 unspecified atom stereocenters. The molecule has 0 saturated carbocycles. The zero-order chi connectivity index (χ0) is 11.8. The van der Waals surface area contributed by atoms with Gasteiger partial charge in [-0.1, -0.05) is 0 Å². The summed E-state index contributed by atoms with van der Waals surface area (Å²) in [4.78, 5) is 24.3. The standard InChI is InChI=1S/C10H21N3O2/c1-4-13(5-2)9(14)6-7-12-10(15)8(3)11/h8H,4-7,11H2,1-3H3,(H,12,15)/t8-/m1/s1. The molecule has 15 heavy (non-hydrogen) atoms. The van der Waals surface area contributed by atoms with Gasteiger partial charge in [-0.05, 0) is 20.8 Å². The molecule has 0 heterocycles. The second-order valence-corrected chi connectivity index (χ2v) is 3.40. The number of hydrogen-bond acceptors (Lipinski definition) is 3. The van der Waals surface area contributed by atoms with Crippen LogP contribution in [-0.4, -0.2) is 42.4 Å². The zero-order valence-corrected chi connectivity index (χ0v) is 9.75. The Bertz CT molecular complexity index is 213. The lowest BCUT2D eigenvalue weighted by Gasteiger charge is -2.18. The second kappa shape index (κ2) is 7.23. The average Bonchev–Trinajstić information content (AvgIpc) is 2.19. The van der Waals surface area contributed by atoms with Crippen LogP contribution >= 0.6 is 0 Å². The SMILES string of the molecule is CCN(CC)C(=O)CCNC(=O)[C@@H](C)N. The average molecular weight is 215 g/mol. The van der Waals surface area contributed by atoms with Gasteiger partial charge in [0, 0.05) is 26.1 Å². The van der Waals surface area contributed by atoms with Crippen LogP contribution in [0.25, 0.3) is 0 Å². The molecule has 5 nitrogen and oxygen atoms in total. The smallest absolute Gasteiger partial charge is 0.236 e. The molecule has 0 aromatic heterocycles. The van der Waals surface area contributed by atoms with E-state index in [1.54, 1.807) is 11.8 Å². The Morgan fingerprint density at radius 1 is 1.33 bits per heavy atom. The molecule has 2 amide bonds. The largest absolute Gasteiger partial charge is 0.354 e. The highest BCUT2D eigenvalue weighted by Crippen LogP contribution is 1.92. The van der Waals surface area contributed by atoms with Gasteiger partial charge in [-0.3, -0.25) is 9.59 Å². The van der Waals surface area contributed by atoms with Gasteiger partial charge in [0.2, 0.25) is 11.8 Å². The van der Waals surface area contributed by atoms with Gasteiger partial charge >= 0.3 is 0 Å². The first kappa shape index (κ1) is 13.9. The van der Waals surface area contributed by atoms with Crippen molar-refractivity contribution in [2.45, 2.75) is 33.2 Å². The van der Waals surface area contributed by atoms with E-state index in [0.29, 0.717) is 26.1 Å². The minimum Gasteiger partial charge on any atom is -0.354 e. The predicted octanol–water partition coefficient (Wildman–Crippen LogP) is -0.292. The van der Waals surface area contributed by atoms with Crippen LogP contribution in [0.3, 0.4) is 0 Å². The maximum atomic E-state index is 11.5. The van der Waals surface area contributed by atoms with E-state index in [-0.39, 0.29) is 11.8 Å². The Morgan fingerprint density at radius 3 is 2.27 bits per heavy atom. The lowest BCUT2D eigenvalue weighted by molar-refractivity contribution is -0.130. The third kappa shape index (κ3) is 5.37. The molecular weight excluding hydrogens is 194 g/mol. The highest BCUT2D eigenvalue weighted by Gasteiger charge is 2.10. The van der Waals surface area contributed by atoms with Gasteiger partial charge in [-0.25, -0.2) is 0 Å². The molecule has 3 N–H and O–H groups in total. The van der Waals surface area contributed by atoms with Gasteiger partial charge < -0.3 is 16.0 Å². The summed E-state index contributed by atoms with van der Waals surface area (Å²) in [5, 5.41) is 2.60. The number of nitrogens with zero attached hydrogens (tertiary/aromatic N) is 1. The van der Waals surface area contributed by atoms with Crippen LogP contribution in [0.1, 0.15) is 27.2 Å². The van der Waals surface area contributed by atoms with E-state index in [2.05, 4.69) is 5.32 Å². The van der Waals surface area contributed by atoms with E-state index < -0.39 is 6.04 Å². The van der Waals surface area contributed by atoms with Crippen molar-refractivity contribution in [2.24, 2.45) is 5.73 Å². The van der Waals surface area contributed by atoms with Crippen LogP contribution < -0.4 is 11.1 Å². The van der Waals surface area contributed by atoms with Crippen molar-refractivity contribution in [1.29, 1.82) is 0 Å². The van der Waals surface area contributed by atoms with Crippen molar-refractivity contribution < 1.29 is 9.59 Å². The van der Waals surface area contributed by atoms with Gasteiger partial charge in [-0.2, -0.15) is 0 Å². The normalized spacial score (nSPS) is 12.0. The number of carbonyl (C=O) groups excluding carboxylic acids is 2. The quantitative estimate of drug-likeness (QED) is 0.639. The van der Waals surface area contributed by atoms with Crippen molar-refractivity contribution in [2.75, 3.05) is 19.6 Å². The van der Waals surface area contributed by atoms with Crippen LogP contribution in [0.5, 0.6) is 0 Å². The fourth-order valence-electron chi connectivity index (χ4n) is 1.19. The topological polar surface area (TPSA) is 75.4 Å². The fourth-order valence-corrected chi connectivity index (χ4v) is 1.19. The van der Waals surface area contributed by atoms with Gasteiger partial charge in [-0.15, -0.1) is 0 Å². The second-order valence-electron chi connectivity index (χ2n) is 3.40. The van der Waals surface area contributed by atoms with E-state index in [0.717, 1.165) is 0 Å². The number of amides is 2. The zero-order valence-electron chi connectivity index (χ0n) is 9.75. The fraction of sp³-hybridized carbons (Fsp3) is 0.800. The Kier molecular flexibility index (Phi) is 6.70. The van der Waals surface area contributed by atoms with Crippen LogP contribution in [-0.2, 0) is 9.59 Å². The van der Waals surface area contributed by atoms with Crippen LogP contribution in [0.15, 0.2) is 0 Å². The van der Waals surface area contributed by atoms with E-state index >= 15 is 0 Å². The first-order chi connectivity index (χ1) is 7.02. The minimum absolute atomic E-state index is 0.0602. The molecule has 0 aromatic carbocycles. The predicted molar refractivity (Wildman–Crippen MR) is 59.2 cm³/mol. The first-order valence-corrected chi connectivity index (χ1v) is 5.33. The maximum Gasteiger partial charge on any atom is 0.236 e. The highest BCUT2D eigenvalue weighted by atomic mass is 16.2. The Hall–Kier alpha value is -1.10. The first-order valence-electron chi connectivity index (χ1n) is 5.33. The molecule has 0 radical (unpaired) electrons. The molecule has 0 fully saturated rings. The van der Waals surface area contributed by atoms with Gasteiger partial charge in [0.05, 0.1) is 6.04 Å².